The van der Waals surface area contributed by atoms with E-state index in [4.69, 9.17) is 4.74 Å². The second-order valence-electron chi connectivity index (χ2n) is 4.14. The number of rotatable bonds is 3. The SMILES string of the molecule is CCc1ccc2nc(-c3cc(OC)cs3)[nH]c2c1. The number of hydrogen-bond acceptors (Lipinski definition) is 3. The second-order valence-corrected chi connectivity index (χ2v) is 5.05. The van der Waals surface area contributed by atoms with Crippen LogP contribution < -0.4 is 4.74 Å². The highest BCUT2D eigenvalue weighted by atomic mass is 32.1. The van der Waals surface area contributed by atoms with Gasteiger partial charge in [-0.05, 0) is 24.1 Å². The number of nitrogens with one attached hydrogen (secondary N) is 1. The quantitative estimate of drug-likeness (QED) is 0.774. The highest BCUT2D eigenvalue weighted by Gasteiger charge is 2.08. The lowest BCUT2D eigenvalue weighted by atomic mass is 10.1. The van der Waals surface area contributed by atoms with E-state index in [0.717, 1.165) is 33.9 Å². The monoisotopic (exact) mass is 258 g/mol. The number of methoxy groups -OCH3 is 1. The van der Waals surface area contributed by atoms with Crippen LogP contribution in [0.2, 0.25) is 0 Å². The molecule has 2 aromatic heterocycles. The molecule has 2 heterocycles. The minimum Gasteiger partial charge on any atom is -0.496 e. The summed E-state index contributed by atoms with van der Waals surface area (Å²) in [6.07, 6.45) is 1.04. The largest absolute Gasteiger partial charge is 0.496 e. The van der Waals surface area contributed by atoms with Gasteiger partial charge >= 0.3 is 0 Å². The first-order valence-electron chi connectivity index (χ1n) is 5.91. The molecule has 3 nitrogen and oxygen atoms in total. The van der Waals surface area contributed by atoms with Crippen molar-refractivity contribution in [2.75, 3.05) is 7.11 Å². The van der Waals surface area contributed by atoms with Gasteiger partial charge in [-0.3, -0.25) is 0 Å². The Morgan fingerprint density at radius 3 is 2.94 bits per heavy atom. The van der Waals surface area contributed by atoms with E-state index in [1.54, 1.807) is 18.4 Å². The van der Waals surface area contributed by atoms with Crippen LogP contribution in [-0.4, -0.2) is 17.1 Å². The van der Waals surface area contributed by atoms with E-state index >= 15 is 0 Å². The Labute approximate surface area is 109 Å². The molecule has 0 saturated heterocycles. The molecule has 92 valence electrons. The van der Waals surface area contributed by atoms with Gasteiger partial charge < -0.3 is 9.72 Å². The molecule has 0 amide bonds. The van der Waals surface area contributed by atoms with Gasteiger partial charge in [0.2, 0.25) is 0 Å². The summed E-state index contributed by atoms with van der Waals surface area (Å²) in [5.74, 6) is 1.79. The fourth-order valence-corrected chi connectivity index (χ4v) is 2.74. The predicted molar refractivity (Wildman–Crippen MR) is 75.3 cm³/mol. The number of ether oxygens (including phenoxy) is 1. The lowest BCUT2D eigenvalue weighted by Gasteiger charge is -1.93. The van der Waals surface area contributed by atoms with Gasteiger partial charge in [0.15, 0.2) is 0 Å². The molecule has 0 fully saturated rings. The first-order chi connectivity index (χ1) is 8.80. The van der Waals surface area contributed by atoms with E-state index in [2.05, 4.69) is 35.1 Å². The maximum atomic E-state index is 5.20. The number of aromatic nitrogens is 2. The summed E-state index contributed by atoms with van der Waals surface area (Å²) < 4.78 is 5.20. The highest BCUT2D eigenvalue weighted by molar-refractivity contribution is 7.13. The number of aromatic amines is 1. The summed E-state index contributed by atoms with van der Waals surface area (Å²) in [5, 5.41) is 1.99. The van der Waals surface area contributed by atoms with Crippen molar-refractivity contribution in [2.45, 2.75) is 13.3 Å². The van der Waals surface area contributed by atoms with Crippen molar-refractivity contribution in [3.05, 3.63) is 35.2 Å². The zero-order valence-corrected chi connectivity index (χ0v) is 11.2. The molecular formula is C14H14N2OS. The van der Waals surface area contributed by atoms with Crippen LogP contribution in [0.15, 0.2) is 29.6 Å². The van der Waals surface area contributed by atoms with Crippen molar-refractivity contribution in [1.82, 2.24) is 9.97 Å². The summed E-state index contributed by atoms with van der Waals surface area (Å²) in [7, 11) is 1.68. The van der Waals surface area contributed by atoms with Gasteiger partial charge in [0.25, 0.3) is 0 Å². The number of H-pyrrole nitrogens is 1. The number of hydrogen-bond donors (Lipinski definition) is 1. The molecule has 0 aliphatic carbocycles. The molecule has 1 N–H and O–H groups in total. The fraction of sp³-hybridized carbons (Fsp3) is 0.214. The molecule has 4 heteroatoms. The van der Waals surface area contributed by atoms with E-state index in [1.165, 1.54) is 5.56 Å². The number of nitrogens with zero attached hydrogens (tertiary/aromatic N) is 1. The zero-order valence-electron chi connectivity index (χ0n) is 10.4. The number of aryl methyl sites for hydroxylation is 1. The molecule has 3 rings (SSSR count). The van der Waals surface area contributed by atoms with Crippen LogP contribution in [0.3, 0.4) is 0 Å². The van der Waals surface area contributed by atoms with Crippen LogP contribution in [0.25, 0.3) is 21.7 Å². The Bertz CT molecular complexity index is 684. The third-order valence-corrected chi connectivity index (χ3v) is 3.91. The summed E-state index contributed by atoms with van der Waals surface area (Å²) in [6, 6.07) is 8.36. The van der Waals surface area contributed by atoms with Gasteiger partial charge in [0, 0.05) is 11.4 Å². The average molecular weight is 258 g/mol. The summed E-state index contributed by atoms with van der Waals surface area (Å²) >= 11 is 1.63. The molecular weight excluding hydrogens is 244 g/mol. The second kappa shape index (κ2) is 4.46. The molecule has 0 atom stereocenters. The normalized spacial score (nSPS) is 11.0. The van der Waals surface area contributed by atoms with Crippen LogP contribution in [0.4, 0.5) is 0 Å². The first-order valence-corrected chi connectivity index (χ1v) is 6.79. The third kappa shape index (κ3) is 1.88. The van der Waals surface area contributed by atoms with E-state index in [1.807, 2.05) is 11.4 Å². The Morgan fingerprint density at radius 1 is 1.33 bits per heavy atom. The molecule has 0 unspecified atom stereocenters. The summed E-state index contributed by atoms with van der Waals surface area (Å²) in [4.78, 5) is 9.07. The Kier molecular flexibility index (Phi) is 2.80. The van der Waals surface area contributed by atoms with Gasteiger partial charge in [-0.2, -0.15) is 0 Å². The smallest absolute Gasteiger partial charge is 0.148 e. The Hall–Kier alpha value is -1.81. The van der Waals surface area contributed by atoms with Gasteiger partial charge in [-0.25, -0.2) is 4.98 Å². The molecule has 0 aliphatic rings. The van der Waals surface area contributed by atoms with E-state index in [9.17, 15) is 0 Å². The zero-order chi connectivity index (χ0) is 12.5. The minimum atomic E-state index is 0.879. The fourth-order valence-electron chi connectivity index (χ4n) is 1.94. The summed E-state index contributed by atoms with van der Waals surface area (Å²) in [6.45, 7) is 2.16. The van der Waals surface area contributed by atoms with Crippen molar-refractivity contribution in [3.63, 3.8) is 0 Å². The number of imidazole rings is 1. The molecule has 0 saturated carbocycles. The van der Waals surface area contributed by atoms with Gasteiger partial charge in [0.1, 0.15) is 11.6 Å². The topological polar surface area (TPSA) is 37.9 Å². The molecule has 1 aromatic carbocycles. The van der Waals surface area contributed by atoms with Crippen molar-refractivity contribution < 1.29 is 4.74 Å². The maximum Gasteiger partial charge on any atom is 0.148 e. The van der Waals surface area contributed by atoms with E-state index in [0.29, 0.717) is 0 Å². The van der Waals surface area contributed by atoms with Crippen molar-refractivity contribution in [2.24, 2.45) is 0 Å². The average Bonchev–Trinajstić information content (AvgIpc) is 3.03. The van der Waals surface area contributed by atoms with Crippen LogP contribution >= 0.6 is 11.3 Å². The lowest BCUT2D eigenvalue weighted by molar-refractivity contribution is 0.417. The van der Waals surface area contributed by atoms with Gasteiger partial charge in [-0.15, -0.1) is 11.3 Å². The van der Waals surface area contributed by atoms with Crippen LogP contribution in [0.1, 0.15) is 12.5 Å². The highest BCUT2D eigenvalue weighted by Crippen LogP contribution is 2.30. The number of thiophene rings is 1. The number of benzene rings is 1. The Balaban J connectivity index is 2.07. The standard InChI is InChI=1S/C14H14N2OS/c1-3-9-4-5-11-12(6-9)16-14(15-11)13-7-10(17-2)8-18-13/h4-8H,3H2,1-2H3,(H,15,16). The molecule has 0 aliphatic heterocycles. The first kappa shape index (κ1) is 11.3. The number of fused-ring (bicyclic) bond motifs is 1. The lowest BCUT2D eigenvalue weighted by Crippen LogP contribution is -1.78. The van der Waals surface area contributed by atoms with Crippen LogP contribution in [-0.2, 0) is 6.42 Å². The molecule has 0 bridgehead atoms. The molecule has 0 spiro atoms. The summed E-state index contributed by atoms with van der Waals surface area (Å²) in [5.41, 5.74) is 3.42. The third-order valence-electron chi connectivity index (χ3n) is 3.00. The Morgan fingerprint density at radius 2 is 2.22 bits per heavy atom. The minimum absolute atomic E-state index is 0.879. The molecule has 3 aromatic rings. The van der Waals surface area contributed by atoms with E-state index in [-0.39, 0.29) is 0 Å². The van der Waals surface area contributed by atoms with Crippen LogP contribution in [0.5, 0.6) is 5.75 Å². The molecule has 0 radical (unpaired) electrons. The van der Waals surface area contributed by atoms with Crippen molar-refractivity contribution in [3.8, 4) is 16.5 Å². The van der Waals surface area contributed by atoms with Gasteiger partial charge in [0.05, 0.1) is 23.0 Å². The molecule has 18 heavy (non-hydrogen) atoms. The predicted octanol–water partition coefficient (Wildman–Crippen LogP) is 3.86. The van der Waals surface area contributed by atoms with E-state index < -0.39 is 0 Å². The van der Waals surface area contributed by atoms with Crippen molar-refractivity contribution >= 4 is 22.4 Å². The van der Waals surface area contributed by atoms with Gasteiger partial charge in [-0.1, -0.05) is 13.0 Å². The maximum absolute atomic E-state index is 5.20. The van der Waals surface area contributed by atoms with Crippen LogP contribution in [0, 0.1) is 0 Å². The van der Waals surface area contributed by atoms with Crippen molar-refractivity contribution in [1.29, 1.82) is 0 Å².